The Hall–Kier alpha value is -0.780. The molecule has 0 aromatic rings. The van der Waals surface area contributed by atoms with E-state index in [4.69, 9.17) is 5.73 Å². The van der Waals surface area contributed by atoms with Gasteiger partial charge in [0.15, 0.2) is 0 Å². The maximum absolute atomic E-state index is 11.9. The second kappa shape index (κ2) is 5.06. The minimum atomic E-state index is -4.27. The van der Waals surface area contributed by atoms with Crippen LogP contribution in [0, 0.1) is 0 Å². The van der Waals surface area contributed by atoms with Crippen molar-refractivity contribution in [2.24, 2.45) is 5.73 Å². The molecule has 6 heteroatoms. The predicted octanol–water partition coefficient (Wildman–Crippen LogP) is 0.746. The van der Waals surface area contributed by atoms with Gasteiger partial charge in [0, 0.05) is 0 Å². The van der Waals surface area contributed by atoms with E-state index in [1.54, 1.807) is 6.92 Å². The van der Waals surface area contributed by atoms with Gasteiger partial charge in [-0.25, -0.2) is 0 Å². The van der Waals surface area contributed by atoms with E-state index in [2.05, 4.69) is 0 Å². The van der Waals surface area contributed by atoms with E-state index in [1.165, 1.54) is 0 Å². The fourth-order valence-electron chi connectivity index (χ4n) is 1.00. The summed E-state index contributed by atoms with van der Waals surface area (Å²) < 4.78 is 35.7. The summed E-state index contributed by atoms with van der Waals surface area (Å²) in [7, 11) is 0. The van der Waals surface area contributed by atoms with Gasteiger partial charge in [-0.05, 0) is 13.0 Å². The lowest BCUT2D eigenvalue weighted by Gasteiger charge is -2.21. The van der Waals surface area contributed by atoms with Gasteiger partial charge in [0.2, 0.25) is 5.91 Å². The molecule has 0 aliphatic heterocycles. The Morgan fingerprint density at radius 2 is 2.00 bits per heavy atom. The average molecular weight is 198 g/mol. The molecule has 3 nitrogen and oxygen atoms in total. The Morgan fingerprint density at radius 1 is 1.46 bits per heavy atom. The first kappa shape index (κ1) is 12.2. The second-order valence-corrected chi connectivity index (χ2v) is 2.79. The molecule has 0 saturated heterocycles. The minimum Gasteiger partial charge on any atom is -0.369 e. The molecule has 0 radical (unpaired) electrons. The van der Waals surface area contributed by atoms with E-state index in [0.717, 1.165) is 4.90 Å². The molecule has 0 rings (SSSR count). The largest absolute Gasteiger partial charge is 0.401 e. The Morgan fingerprint density at radius 3 is 2.31 bits per heavy atom. The molecule has 0 heterocycles. The first-order valence-corrected chi connectivity index (χ1v) is 3.92. The minimum absolute atomic E-state index is 0.225. The van der Waals surface area contributed by atoms with Gasteiger partial charge in [-0.1, -0.05) is 6.92 Å². The number of carbonyl (C=O) groups excluding carboxylic acids is 1. The van der Waals surface area contributed by atoms with Crippen molar-refractivity contribution in [3.63, 3.8) is 0 Å². The lowest BCUT2D eigenvalue weighted by atomic mass is 10.4. The Balaban J connectivity index is 4.01. The highest BCUT2D eigenvalue weighted by molar-refractivity contribution is 5.75. The number of primary amides is 1. The van der Waals surface area contributed by atoms with E-state index in [-0.39, 0.29) is 13.1 Å². The SMILES string of the molecule is CCCN(CC(N)=O)CC(F)(F)F. The smallest absolute Gasteiger partial charge is 0.369 e. The van der Waals surface area contributed by atoms with E-state index < -0.39 is 18.6 Å². The molecule has 0 aliphatic rings. The molecule has 2 N–H and O–H groups in total. The number of carbonyl (C=O) groups is 1. The number of amides is 1. The number of hydrogen-bond donors (Lipinski definition) is 1. The van der Waals surface area contributed by atoms with Crippen molar-refractivity contribution in [2.75, 3.05) is 19.6 Å². The van der Waals surface area contributed by atoms with Crippen LogP contribution in [0.4, 0.5) is 13.2 Å². The molecule has 0 bridgehead atoms. The van der Waals surface area contributed by atoms with Gasteiger partial charge in [0.1, 0.15) is 0 Å². The van der Waals surface area contributed by atoms with Gasteiger partial charge in [-0.2, -0.15) is 13.2 Å². The molecule has 0 fully saturated rings. The van der Waals surface area contributed by atoms with E-state index in [1.807, 2.05) is 0 Å². The van der Waals surface area contributed by atoms with Gasteiger partial charge >= 0.3 is 6.18 Å². The van der Waals surface area contributed by atoms with Crippen molar-refractivity contribution in [3.05, 3.63) is 0 Å². The molecule has 0 aromatic carbocycles. The first-order valence-electron chi connectivity index (χ1n) is 3.92. The second-order valence-electron chi connectivity index (χ2n) is 2.79. The number of alkyl halides is 3. The maximum atomic E-state index is 11.9. The molecule has 1 amide bonds. The van der Waals surface area contributed by atoms with Crippen molar-refractivity contribution in [1.82, 2.24) is 4.90 Å². The number of nitrogens with two attached hydrogens (primary N) is 1. The number of nitrogens with zero attached hydrogens (tertiary/aromatic N) is 1. The van der Waals surface area contributed by atoms with Gasteiger partial charge in [-0.3, -0.25) is 9.69 Å². The van der Waals surface area contributed by atoms with E-state index in [0.29, 0.717) is 6.42 Å². The molecular weight excluding hydrogens is 185 g/mol. The van der Waals surface area contributed by atoms with Crippen LogP contribution < -0.4 is 5.73 Å². The Bertz CT molecular complexity index is 170. The van der Waals surface area contributed by atoms with E-state index >= 15 is 0 Å². The molecule has 0 aliphatic carbocycles. The third kappa shape index (κ3) is 7.58. The molecule has 0 atom stereocenters. The van der Waals surface area contributed by atoms with Gasteiger partial charge < -0.3 is 5.73 Å². The van der Waals surface area contributed by atoms with Crippen LogP contribution in [-0.4, -0.2) is 36.6 Å². The quantitative estimate of drug-likeness (QED) is 0.708. The monoisotopic (exact) mass is 198 g/mol. The van der Waals surface area contributed by atoms with Gasteiger partial charge in [-0.15, -0.1) is 0 Å². The topological polar surface area (TPSA) is 46.3 Å². The highest BCUT2D eigenvalue weighted by atomic mass is 19.4. The van der Waals surface area contributed by atoms with Crippen molar-refractivity contribution in [3.8, 4) is 0 Å². The summed E-state index contributed by atoms with van der Waals surface area (Å²) >= 11 is 0. The maximum Gasteiger partial charge on any atom is 0.401 e. The molecule has 0 unspecified atom stereocenters. The number of hydrogen-bond acceptors (Lipinski definition) is 2. The van der Waals surface area contributed by atoms with Gasteiger partial charge in [0.05, 0.1) is 13.1 Å². The summed E-state index contributed by atoms with van der Waals surface area (Å²) in [5, 5.41) is 0. The van der Waals surface area contributed by atoms with Crippen molar-refractivity contribution < 1.29 is 18.0 Å². The fourth-order valence-corrected chi connectivity index (χ4v) is 1.00. The molecule has 0 aromatic heterocycles. The normalized spacial score (nSPS) is 12.1. The van der Waals surface area contributed by atoms with Crippen LogP contribution in [0.25, 0.3) is 0 Å². The van der Waals surface area contributed by atoms with Crippen molar-refractivity contribution in [2.45, 2.75) is 19.5 Å². The standard InChI is InChI=1S/C7H13F3N2O/c1-2-3-12(4-6(11)13)5-7(8,9)10/h2-5H2,1H3,(H2,11,13). The van der Waals surface area contributed by atoms with Crippen LogP contribution in [0.2, 0.25) is 0 Å². The molecule has 0 spiro atoms. The summed E-state index contributed by atoms with van der Waals surface area (Å²) in [6, 6.07) is 0. The summed E-state index contributed by atoms with van der Waals surface area (Å²) in [5.41, 5.74) is 4.79. The van der Waals surface area contributed by atoms with Crippen LogP contribution in [0.1, 0.15) is 13.3 Å². The van der Waals surface area contributed by atoms with Crippen LogP contribution in [0.5, 0.6) is 0 Å². The van der Waals surface area contributed by atoms with Crippen LogP contribution >= 0.6 is 0 Å². The molecule has 0 saturated carbocycles. The third-order valence-corrected chi connectivity index (χ3v) is 1.32. The zero-order valence-electron chi connectivity index (χ0n) is 7.40. The van der Waals surface area contributed by atoms with Crippen molar-refractivity contribution >= 4 is 5.91 Å². The average Bonchev–Trinajstić information content (AvgIpc) is 1.81. The molecule has 78 valence electrons. The predicted molar refractivity (Wildman–Crippen MR) is 42.0 cm³/mol. The number of halogens is 3. The lowest BCUT2D eigenvalue weighted by Crippen LogP contribution is -2.40. The van der Waals surface area contributed by atoms with Crippen LogP contribution in [0.3, 0.4) is 0 Å². The Labute approximate surface area is 74.7 Å². The zero-order valence-corrected chi connectivity index (χ0v) is 7.40. The van der Waals surface area contributed by atoms with E-state index in [9.17, 15) is 18.0 Å². The molecule has 13 heavy (non-hydrogen) atoms. The fraction of sp³-hybridized carbons (Fsp3) is 0.857. The highest BCUT2D eigenvalue weighted by Crippen LogP contribution is 2.16. The van der Waals surface area contributed by atoms with Crippen molar-refractivity contribution in [1.29, 1.82) is 0 Å². The summed E-state index contributed by atoms with van der Waals surface area (Å²) in [5.74, 6) is -0.738. The zero-order chi connectivity index (χ0) is 10.5. The summed E-state index contributed by atoms with van der Waals surface area (Å²) in [6.07, 6.45) is -3.71. The molecular formula is C7H13F3N2O. The van der Waals surface area contributed by atoms with Crippen LogP contribution in [0.15, 0.2) is 0 Å². The highest BCUT2D eigenvalue weighted by Gasteiger charge is 2.30. The first-order chi connectivity index (χ1) is 5.85. The third-order valence-electron chi connectivity index (χ3n) is 1.32. The lowest BCUT2D eigenvalue weighted by molar-refractivity contribution is -0.148. The summed E-state index contributed by atoms with van der Waals surface area (Å²) in [4.78, 5) is 11.4. The summed E-state index contributed by atoms with van der Waals surface area (Å²) in [6.45, 7) is 0.546. The van der Waals surface area contributed by atoms with Gasteiger partial charge in [0.25, 0.3) is 0 Å². The number of rotatable bonds is 5. The van der Waals surface area contributed by atoms with Crippen LogP contribution in [-0.2, 0) is 4.79 Å². The Kier molecular flexibility index (Phi) is 4.76.